The average molecular weight is 280 g/mol. The largest absolute Gasteiger partial charge is 0.310 e. The molecule has 1 aliphatic carbocycles. The average Bonchev–Trinajstić information content (AvgIpc) is 2.39. The summed E-state index contributed by atoms with van der Waals surface area (Å²) in [4.78, 5) is 0. The maximum absolute atomic E-state index is 6.44. The molecular formula is C17H26ClN. The molecule has 2 rings (SSSR count). The van der Waals surface area contributed by atoms with Crippen molar-refractivity contribution in [1.82, 2.24) is 5.32 Å². The molecule has 1 N–H and O–H groups in total. The van der Waals surface area contributed by atoms with Crippen LogP contribution >= 0.6 is 11.6 Å². The second-order valence-corrected chi connectivity index (χ2v) is 6.28. The Morgan fingerprint density at radius 3 is 2.63 bits per heavy atom. The van der Waals surface area contributed by atoms with Crippen molar-refractivity contribution in [2.45, 2.75) is 58.4 Å². The first-order valence-corrected chi connectivity index (χ1v) is 8.08. The van der Waals surface area contributed by atoms with Crippen molar-refractivity contribution in [3.63, 3.8) is 0 Å². The summed E-state index contributed by atoms with van der Waals surface area (Å²) in [6, 6.07) is 6.88. The molecule has 0 spiro atoms. The minimum absolute atomic E-state index is 0.418. The van der Waals surface area contributed by atoms with E-state index in [1.165, 1.54) is 49.7 Å². The van der Waals surface area contributed by atoms with Gasteiger partial charge < -0.3 is 5.32 Å². The summed E-state index contributed by atoms with van der Waals surface area (Å²) in [5.74, 6) is 0.871. The normalized spacial score (nSPS) is 18.5. The minimum Gasteiger partial charge on any atom is -0.310 e. The third-order valence-corrected chi connectivity index (χ3v) is 4.60. The van der Waals surface area contributed by atoms with Gasteiger partial charge in [0.15, 0.2) is 0 Å². The molecule has 1 saturated carbocycles. The smallest absolute Gasteiger partial charge is 0.0456 e. The molecule has 1 aromatic rings. The van der Waals surface area contributed by atoms with Gasteiger partial charge in [0, 0.05) is 11.1 Å². The molecule has 0 bridgehead atoms. The Morgan fingerprint density at radius 1 is 1.26 bits per heavy atom. The van der Waals surface area contributed by atoms with E-state index < -0.39 is 0 Å². The third kappa shape index (κ3) is 4.22. The third-order valence-electron chi connectivity index (χ3n) is 4.28. The number of benzene rings is 1. The monoisotopic (exact) mass is 279 g/mol. The molecule has 2 heteroatoms. The highest BCUT2D eigenvalue weighted by Gasteiger charge is 2.21. The van der Waals surface area contributed by atoms with Gasteiger partial charge in [0.2, 0.25) is 0 Å². The molecule has 0 heterocycles. The van der Waals surface area contributed by atoms with Crippen LogP contribution in [0.25, 0.3) is 0 Å². The lowest BCUT2D eigenvalue weighted by molar-refractivity contribution is 0.301. The molecule has 0 amide bonds. The van der Waals surface area contributed by atoms with Gasteiger partial charge in [-0.3, -0.25) is 0 Å². The zero-order valence-electron chi connectivity index (χ0n) is 12.2. The Hall–Kier alpha value is -0.530. The highest BCUT2D eigenvalue weighted by Crippen LogP contribution is 2.34. The summed E-state index contributed by atoms with van der Waals surface area (Å²) in [5.41, 5.74) is 2.52. The van der Waals surface area contributed by atoms with Crippen molar-refractivity contribution in [3.05, 3.63) is 34.3 Å². The van der Waals surface area contributed by atoms with Gasteiger partial charge in [-0.2, -0.15) is 0 Å². The van der Waals surface area contributed by atoms with E-state index in [1.807, 2.05) is 0 Å². The summed E-state index contributed by atoms with van der Waals surface area (Å²) in [7, 11) is 0. The second-order valence-electron chi connectivity index (χ2n) is 5.87. The highest BCUT2D eigenvalue weighted by atomic mass is 35.5. The number of hydrogen-bond donors (Lipinski definition) is 1. The fourth-order valence-electron chi connectivity index (χ4n) is 3.24. The molecule has 1 nitrogen and oxygen atoms in total. The van der Waals surface area contributed by atoms with Gasteiger partial charge in [-0.1, -0.05) is 62.8 Å². The number of hydrogen-bond acceptors (Lipinski definition) is 1. The summed E-state index contributed by atoms with van der Waals surface area (Å²) in [6.07, 6.45) is 8.26. The van der Waals surface area contributed by atoms with Crippen molar-refractivity contribution in [2.24, 2.45) is 5.92 Å². The summed E-state index contributed by atoms with van der Waals surface area (Å²) in [5, 5.41) is 4.54. The van der Waals surface area contributed by atoms with Crippen LogP contribution in [0.5, 0.6) is 0 Å². The van der Waals surface area contributed by atoms with Crippen LogP contribution in [-0.2, 0) is 0 Å². The van der Waals surface area contributed by atoms with E-state index in [0.29, 0.717) is 6.04 Å². The van der Waals surface area contributed by atoms with E-state index in [2.05, 4.69) is 37.4 Å². The van der Waals surface area contributed by atoms with E-state index in [1.54, 1.807) is 0 Å². The molecule has 19 heavy (non-hydrogen) atoms. The van der Waals surface area contributed by atoms with Crippen molar-refractivity contribution < 1.29 is 0 Å². The molecular weight excluding hydrogens is 254 g/mol. The van der Waals surface area contributed by atoms with E-state index in [4.69, 9.17) is 11.6 Å². The van der Waals surface area contributed by atoms with E-state index in [9.17, 15) is 0 Å². The van der Waals surface area contributed by atoms with Crippen LogP contribution in [0, 0.1) is 12.8 Å². The summed E-state index contributed by atoms with van der Waals surface area (Å²) >= 11 is 6.44. The Kier molecular flexibility index (Phi) is 5.72. The first-order chi connectivity index (χ1) is 9.20. The molecule has 106 valence electrons. The predicted octanol–water partition coefficient (Wildman–Crippen LogP) is 5.27. The molecule has 1 unspecified atom stereocenters. The maximum Gasteiger partial charge on any atom is 0.0456 e. The van der Waals surface area contributed by atoms with Crippen LogP contribution in [0.4, 0.5) is 0 Å². The van der Waals surface area contributed by atoms with Gasteiger partial charge in [-0.05, 0) is 43.0 Å². The molecule has 1 fully saturated rings. The zero-order chi connectivity index (χ0) is 13.7. The molecule has 0 aromatic heterocycles. The lowest BCUT2D eigenvalue weighted by atomic mass is 9.83. The first kappa shape index (κ1) is 14.9. The lowest BCUT2D eigenvalue weighted by Crippen LogP contribution is -2.24. The van der Waals surface area contributed by atoms with Crippen LogP contribution in [0.2, 0.25) is 5.02 Å². The molecule has 0 aliphatic heterocycles. The summed E-state index contributed by atoms with van der Waals surface area (Å²) < 4.78 is 0. The van der Waals surface area contributed by atoms with Crippen LogP contribution in [-0.4, -0.2) is 6.54 Å². The maximum atomic E-state index is 6.44. The number of halogens is 1. The predicted molar refractivity (Wildman–Crippen MR) is 83.8 cm³/mol. The lowest BCUT2D eigenvalue weighted by Gasteiger charge is -2.28. The Morgan fingerprint density at radius 2 is 2.00 bits per heavy atom. The van der Waals surface area contributed by atoms with Crippen molar-refractivity contribution in [3.8, 4) is 0 Å². The Bertz CT molecular complexity index is 396. The topological polar surface area (TPSA) is 12.0 Å². The van der Waals surface area contributed by atoms with Gasteiger partial charge in [0.1, 0.15) is 0 Å². The molecule has 1 aliphatic rings. The fraction of sp³-hybridized carbons (Fsp3) is 0.647. The van der Waals surface area contributed by atoms with E-state index in [0.717, 1.165) is 17.5 Å². The second kappa shape index (κ2) is 7.31. The van der Waals surface area contributed by atoms with Gasteiger partial charge in [0.25, 0.3) is 0 Å². The van der Waals surface area contributed by atoms with Crippen molar-refractivity contribution in [2.75, 3.05) is 6.54 Å². The van der Waals surface area contributed by atoms with E-state index in [-0.39, 0.29) is 0 Å². The number of rotatable bonds is 5. The highest BCUT2D eigenvalue weighted by molar-refractivity contribution is 6.31. The standard InChI is InChI=1S/C17H26ClN/c1-3-19-17(12-14-7-5-4-6-8-14)15-10-9-13(2)11-16(15)18/h9-11,14,17,19H,3-8,12H2,1-2H3. The molecule has 1 aromatic carbocycles. The molecule has 0 saturated heterocycles. The van der Waals surface area contributed by atoms with Crippen LogP contribution in [0.15, 0.2) is 18.2 Å². The summed E-state index contributed by atoms with van der Waals surface area (Å²) in [6.45, 7) is 5.27. The van der Waals surface area contributed by atoms with Gasteiger partial charge >= 0.3 is 0 Å². The molecule has 1 atom stereocenters. The van der Waals surface area contributed by atoms with Gasteiger partial charge in [-0.15, -0.1) is 0 Å². The number of nitrogens with one attached hydrogen (secondary N) is 1. The Balaban J connectivity index is 2.09. The number of aryl methyl sites for hydroxylation is 1. The fourth-order valence-corrected chi connectivity index (χ4v) is 3.60. The quantitative estimate of drug-likeness (QED) is 0.774. The van der Waals surface area contributed by atoms with Crippen LogP contribution < -0.4 is 5.32 Å². The zero-order valence-corrected chi connectivity index (χ0v) is 13.0. The van der Waals surface area contributed by atoms with E-state index >= 15 is 0 Å². The van der Waals surface area contributed by atoms with Crippen molar-refractivity contribution >= 4 is 11.6 Å². The van der Waals surface area contributed by atoms with Crippen molar-refractivity contribution in [1.29, 1.82) is 0 Å². The van der Waals surface area contributed by atoms with Crippen LogP contribution in [0.3, 0.4) is 0 Å². The van der Waals surface area contributed by atoms with Gasteiger partial charge in [-0.25, -0.2) is 0 Å². The molecule has 0 radical (unpaired) electrons. The Labute approximate surface area is 122 Å². The minimum atomic E-state index is 0.418. The van der Waals surface area contributed by atoms with Crippen LogP contribution in [0.1, 0.15) is 62.6 Å². The first-order valence-electron chi connectivity index (χ1n) is 7.70. The van der Waals surface area contributed by atoms with Gasteiger partial charge in [0.05, 0.1) is 0 Å². The SMILES string of the molecule is CCNC(CC1CCCCC1)c1ccc(C)cc1Cl.